The van der Waals surface area contributed by atoms with Gasteiger partial charge in [-0.1, -0.05) is 0 Å². The fourth-order valence-electron chi connectivity index (χ4n) is 2.84. The van der Waals surface area contributed by atoms with Crippen molar-refractivity contribution < 1.29 is 19.1 Å². The Morgan fingerprint density at radius 2 is 1.86 bits per heavy atom. The van der Waals surface area contributed by atoms with Crippen molar-refractivity contribution in [1.29, 1.82) is 0 Å². The Labute approximate surface area is 165 Å². The molecule has 0 saturated heterocycles. The second kappa shape index (κ2) is 7.95. The van der Waals surface area contributed by atoms with E-state index in [2.05, 4.69) is 10.6 Å². The smallest absolute Gasteiger partial charge is 0.412 e. The van der Waals surface area contributed by atoms with Crippen LogP contribution in [0.2, 0.25) is 0 Å². The number of anilines is 1. The van der Waals surface area contributed by atoms with E-state index in [0.717, 1.165) is 0 Å². The lowest BCUT2D eigenvalue weighted by molar-refractivity contribution is -0.126. The predicted molar refractivity (Wildman–Crippen MR) is 106 cm³/mol. The molecule has 0 saturated carbocycles. The van der Waals surface area contributed by atoms with E-state index in [1.807, 2.05) is 11.9 Å². The van der Waals surface area contributed by atoms with Gasteiger partial charge in [0.2, 0.25) is 0 Å². The maximum Gasteiger partial charge on any atom is 0.412 e. The Morgan fingerprint density at radius 1 is 1.21 bits per heavy atom. The van der Waals surface area contributed by atoms with Crippen LogP contribution < -0.4 is 10.6 Å². The molecule has 28 heavy (non-hydrogen) atoms. The molecule has 1 aliphatic rings. The van der Waals surface area contributed by atoms with Crippen LogP contribution in [0.5, 0.6) is 0 Å². The van der Waals surface area contributed by atoms with Crippen molar-refractivity contribution in [3.8, 4) is 0 Å². The molecule has 154 valence electrons. The van der Waals surface area contributed by atoms with Crippen molar-refractivity contribution in [2.75, 3.05) is 33.0 Å². The van der Waals surface area contributed by atoms with Crippen LogP contribution in [-0.4, -0.2) is 71.6 Å². The van der Waals surface area contributed by atoms with Crippen molar-refractivity contribution in [3.63, 3.8) is 0 Å². The number of hydrogen-bond donors (Lipinski definition) is 2. The van der Waals surface area contributed by atoms with Crippen LogP contribution in [0.15, 0.2) is 24.0 Å². The number of rotatable bonds is 4. The second-order valence-corrected chi connectivity index (χ2v) is 8.06. The minimum Gasteiger partial charge on any atom is -0.444 e. The molecule has 0 radical (unpaired) electrons. The van der Waals surface area contributed by atoms with Gasteiger partial charge >= 0.3 is 6.09 Å². The van der Waals surface area contributed by atoms with E-state index in [1.54, 1.807) is 64.8 Å². The Kier molecular flexibility index (Phi) is 6.06. The summed E-state index contributed by atoms with van der Waals surface area (Å²) in [6, 6.07) is 1.29. The normalized spacial score (nSPS) is 16.5. The molecule has 9 nitrogen and oxygen atoms in total. The molecule has 1 unspecified atom stereocenters. The standard InChI is InChI=1S/C19H29N5O4/c1-19(2,3)28-18(27)21-13-8-14(23(6)11-13)16(25)20-12-9-15(24(7)10-12)17(26)22(4)5/h8-9,11-12H,10H2,1-7H3,(H,20,25)(H,21,27). The van der Waals surface area contributed by atoms with Crippen LogP contribution >= 0.6 is 0 Å². The third kappa shape index (κ3) is 5.28. The summed E-state index contributed by atoms with van der Waals surface area (Å²) >= 11 is 0. The molecule has 0 aromatic carbocycles. The topological polar surface area (TPSA) is 95.9 Å². The summed E-state index contributed by atoms with van der Waals surface area (Å²) in [5, 5.41) is 5.52. The summed E-state index contributed by atoms with van der Waals surface area (Å²) < 4.78 is 6.84. The van der Waals surface area contributed by atoms with Crippen molar-refractivity contribution in [3.05, 3.63) is 29.7 Å². The highest BCUT2D eigenvalue weighted by molar-refractivity contribution is 5.96. The fraction of sp³-hybridized carbons (Fsp3) is 0.526. The van der Waals surface area contributed by atoms with Gasteiger partial charge in [0.15, 0.2) is 0 Å². The maximum atomic E-state index is 12.6. The van der Waals surface area contributed by atoms with Gasteiger partial charge in [0.1, 0.15) is 17.0 Å². The molecule has 1 atom stereocenters. The van der Waals surface area contributed by atoms with Crippen LogP contribution in [0.4, 0.5) is 10.5 Å². The molecule has 9 heteroatoms. The van der Waals surface area contributed by atoms with Gasteiger partial charge in [-0.15, -0.1) is 0 Å². The molecule has 3 amide bonds. The lowest BCUT2D eigenvalue weighted by Crippen LogP contribution is -2.38. The lowest BCUT2D eigenvalue weighted by atomic mass is 10.2. The molecule has 2 N–H and O–H groups in total. The van der Waals surface area contributed by atoms with E-state index in [4.69, 9.17) is 4.74 Å². The minimum atomic E-state index is -0.610. The fourth-order valence-corrected chi connectivity index (χ4v) is 2.84. The molecule has 1 aliphatic heterocycles. The van der Waals surface area contributed by atoms with Gasteiger partial charge in [-0.3, -0.25) is 14.9 Å². The van der Waals surface area contributed by atoms with E-state index in [1.165, 1.54) is 4.90 Å². The van der Waals surface area contributed by atoms with Crippen LogP contribution in [0.25, 0.3) is 0 Å². The molecule has 1 aromatic rings. The van der Waals surface area contributed by atoms with Crippen LogP contribution in [-0.2, 0) is 16.6 Å². The lowest BCUT2D eigenvalue weighted by Gasteiger charge is -2.19. The Balaban J connectivity index is 2.05. The molecular formula is C19H29N5O4. The first-order valence-electron chi connectivity index (χ1n) is 8.99. The third-order valence-electron chi connectivity index (χ3n) is 4.07. The number of nitrogens with zero attached hydrogens (tertiary/aromatic N) is 3. The Bertz CT molecular complexity index is 804. The van der Waals surface area contributed by atoms with Gasteiger partial charge in [-0.25, -0.2) is 4.79 Å². The summed E-state index contributed by atoms with van der Waals surface area (Å²) in [5.74, 6) is -0.407. The molecule has 1 aromatic heterocycles. The Morgan fingerprint density at radius 3 is 2.43 bits per heavy atom. The summed E-state index contributed by atoms with van der Waals surface area (Å²) in [7, 11) is 6.90. The van der Waals surface area contributed by atoms with Crippen LogP contribution in [0, 0.1) is 0 Å². The van der Waals surface area contributed by atoms with Gasteiger partial charge in [-0.2, -0.15) is 0 Å². The molecule has 0 bridgehead atoms. The third-order valence-corrected chi connectivity index (χ3v) is 4.07. The number of ether oxygens (including phenoxy) is 1. The largest absolute Gasteiger partial charge is 0.444 e. The first-order valence-corrected chi connectivity index (χ1v) is 8.99. The summed E-state index contributed by atoms with van der Waals surface area (Å²) in [6.07, 6.45) is 2.80. The molecule has 2 rings (SSSR count). The number of likely N-dealkylation sites (N-methyl/N-ethyl adjacent to an activating group) is 2. The van der Waals surface area contributed by atoms with Crippen molar-refractivity contribution >= 4 is 23.6 Å². The number of nitrogens with one attached hydrogen (secondary N) is 2. The van der Waals surface area contributed by atoms with E-state index in [9.17, 15) is 14.4 Å². The molecule has 0 spiro atoms. The van der Waals surface area contributed by atoms with Crippen molar-refractivity contribution in [1.82, 2.24) is 19.7 Å². The summed E-state index contributed by atoms with van der Waals surface area (Å²) in [4.78, 5) is 40.0. The van der Waals surface area contributed by atoms with Gasteiger partial charge < -0.3 is 24.4 Å². The zero-order chi connectivity index (χ0) is 21.2. The quantitative estimate of drug-likeness (QED) is 0.809. The van der Waals surface area contributed by atoms with Crippen LogP contribution in [0.3, 0.4) is 0 Å². The van der Waals surface area contributed by atoms with Gasteiger partial charge in [0.25, 0.3) is 11.8 Å². The number of aromatic nitrogens is 1. The highest BCUT2D eigenvalue weighted by Crippen LogP contribution is 2.18. The van der Waals surface area contributed by atoms with Crippen LogP contribution in [0.1, 0.15) is 31.3 Å². The first kappa shape index (κ1) is 21.3. The minimum absolute atomic E-state index is 0.109. The molecule has 2 heterocycles. The molecular weight excluding hydrogens is 362 g/mol. The summed E-state index contributed by atoms with van der Waals surface area (Å²) in [6.45, 7) is 5.84. The molecule has 0 aliphatic carbocycles. The van der Waals surface area contributed by atoms with Crippen molar-refractivity contribution in [2.45, 2.75) is 32.4 Å². The first-order chi connectivity index (χ1) is 12.9. The average molecular weight is 391 g/mol. The maximum absolute atomic E-state index is 12.6. The zero-order valence-electron chi connectivity index (χ0n) is 17.5. The highest BCUT2D eigenvalue weighted by Gasteiger charge is 2.28. The second-order valence-electron chi connectivity index (χ2n) is 8.06. The Hall–Kier alpha value is -2.97. The van der Waals surface area contributed by atoms with Gasteiger partial charge in [-0.05, 0) is 32.9 Å². The summed E-state index contributed by atoms with van der Waals surface area (Å²) in [5.41, 5.74) is 0.787. The predicted octanol–water partition coefficient (Wildman–Crippen LogP) is 1.39. The SMILES string of the molecule is CN(C)C(=O)C1=CC(NC(=O)c2cc(NC(=O)OC(C)(C)C)cn2C)CN1C. The number of carbonyl (C=O) groups excluding carboxylic acids is 3. The zero-order valence-corrected chi connectivity index (χ0v) is 17.5. The highest BCUT2D eigenvalue weighted by atomic mass is 16.6. The van der Waals surface area contributed by atoms with Gasteiger partial charge in [0, 0.05) is 40.9 Å². The van der Waals surface area contributed by atoms with E-state index < -0.39 is 11.7 Å². The number of hydrogen-bond acceptors (Lipinski definition) is 5. The monoisotopic (exact) mass is 391 g/mol. The number of carbonyl (C=O) groups is 3. The van der Waals surface area contributed by atoms with E-state index >= 15 is 0 Å². The molecule has 0 fully saturated rings. The van der Waals surface area contributed by atoms with E-state index in [0.29, 0.717) is 23.6 Å². The van der Waals surface area contributed by atoms with Crippen molar-refractivity contribution in [2.24, 2.45) is 7.05 Å². The number of aryl methyl sites for hydroxylation is 1. The number of amides is 3. The average Bonchev–Trinajstić information content (AvgIpc) is 3.06. The van der Waals surface area contributed by atoms with E-state index in [-0.39, 0.29) is 17.9 Å². The van der Waals surface area contributed by atoms with Gasteiger partial charge in [0.05, 0.1) is 11.7 Å².